The summed E-state index contributed by atoms with van der Waals surface area (Å²) in [6, 6.07) is 8.89. The average molecular weight is 286 g/mol. The van der Waals surface area contributed by atoms with Gasteiger partial charge >= 0.3 is 0 Å². The van der Waals surface area contributed by atoms with Crippen molar-refractivity contribution in [3.63, 3.8) is 0 Å². The minimum atomic E-state index is 0.180. The summed E-state index contributed by atoms with van der Waals surface area (Å²) in [5.41, 5.74) is 2.55. The lowest BCUT2D eigenvalue weighted by Gasteiger charge is -2.28. The fraction of sp³-hybridized carbons (Fsp3) is 0.611. The molecule has 3 nitrogen and oxygen atoms in total. The molecular weight excluding hydrogens is 260 g/mol. The largest absolute Gasteiger partial charge is 0.338 e. The number of nitrogens with zero attached hydrogens (tertiary/aromatic N) is 2. The first-order valence-electron chi connectivity index (χ1n) is 8.21. The summed E-state index contributed by atoms with van der Waals surface area (Å²) in [7, 11) is 1.96. The molecule has 0 aromatic heterocycles. The van der Waals surface area contributed by atoms with Crippen molar-refractivity contribution in [2.75, 3.05) is 26.7 Å². The number of aryl methyl sites for hydroxylation is 1. The van der Waals surface area contributed by atoms with Gasteiger partial charge < -0.3 is 9.80 Å². The molecule has 3 rings (SSSR count). The van der Waals surface area contributed by atoms with Crippen LogP contribution in [-0.2, 0) is 4.79 Å². The summed E-state index contributed by atoms with van der Waals surface area (Å²) < 4.78 is 0. The van der Waals surface area contributed by atoms with Gasteiger partial charge in [-0.2, -0.15) is 0 Å². The Balaban J connectivity index is 1.68. The molecule has 2 aliphatic heterocycles. The zero-order chi connectivity index (χ0) is 14.8. The lowest BCUT2D eigenvalue weighted by atomic mass is 9.98. The fourth-order valence-corrected chi connectivity index (χ4v) is 3.72. The van der Waals surface area contributed by atoms with E-state index in [9.17, 15) is 4.79 Å². The van der Waals surface area contributed by atoms with Crippen LogP contribution in [0.25, 0.3) is 0 Å². The molecule has 1 amide bonds. The monoisotopic (exact) mass is 286 g/mol. The van der Waals surface area contributed by atoms with Crippen LogP contribution in [0.1, 0.15) is 42.9 Å². The molecule has 2 atom stereocenters. The van der Waals surface area contributed by atoms with E-state index in [1.54, 1.807) is 0 Å². The van der Waals surface area contributed by atoms with Gasteiger partial charge in [-0.1, -0.05) is 36.2 Å². The Hall–Kier alpha value is -1.35. The Morgan fingerprint density at radius 2 is 1.76 bits per heavy atom. The van der Waals surface area contributed by atoms with E-state index in [1.807, 2.05) is 11.9 Å². The van der Waals surface area contributed by atoms with Gasteiger partial charge in [0.25, 0.3) is 0 Å². The predicted molar refractivity (Wildman–Crippen MR) is 85.1 cm³/mol. The van der Waals surface area contributed by atoms with Crippen molar-refractivity contribution in [3.05, 3.63) is 35.4 Å². The van der Waals surface area contributed by atoms with E-state index in [0.717, 1.165) is 13.0 Å². The van der Waals surface area contributed by atoms with E-state index in [2.05, 4.69) is 36.1 Å². The number of rotatable bonds is 3. The SMILES string of the molecule is Cc1ccc([C@@H]2C[C@H](CN3CCCCC3)C(=O)N2C)cc1. The molecule has 0 radical (unpaired) electrons. The average Bonchev–Trinajstić information content (AvgIpc) is 2.78. The number of carbonyl (C=O) groups excluding carboxylic acids is 1. The van der Waals surface area contributed by atoms with Gasteiger partial charge in [0, 0.05) is 13.6 Å². The minimum Gasteiger partial charge on any atom is -0.338 e. The van der Waals surface area contributed by atoms with Crippen LogP contribution in [-0.4, -0.2) is 42.4 Å². The van der Waals surface area contributed by atoms with Crippen molar-refractivity contribution < 1.29 is 4.79 Å². The van der Waals surface area contributed by atoms with Gasteiger partial charge in [-0.15, -0.1) is 0 Å². The molecule has 2 saturated heterocycles. The van der Waals surface area contributed by atoms with Gasteiger partial charge in [-0.25, -0.2) is 0 Å². The van der Waals surface area contributed by atoms with Gasteiger partial charge in [0.15, 0.2) is 0 Å². The maximum atomic E-state index is 12.5. The van der Waals surface area contributed by atoms with Crippen molar-refractivity contribution >= 4 is 5.91 Å². The van der Waals surface area contributed by atoms with Crippen LogP contribution >= 0.6 is 0 Å². The summed E-state index contributed by atoms with van der Waals surface area (Å²) in [5, 5.41) is 0. The van der Waals surface area contributed by atoms with Crippen LogP contribution in [0.15, 0.2) is 24.3 Å². The Kier molecular flexibility index (Phi) is 4.29. The normalized spacial score (nSPS) is 27.3. The van der Waals surface area contributed by atoms with E-state index in [-0.39, 0.29) is 12.0 Å². The predicted octanol–water partition coefficient (Wildman–Crippen LogP) is 3.00. The van der Waals surface area contributed by atoms with Crippen LogP contribution in [0.4, 0.5) is 0 Å². The molecule has 0 N–H and O–H groups in total. The van der Waals surface area contributed by atoms with Crippen LogP contribution in [0.3, 0.4) is 0 Å². The Labute approximate surface area is 127 Å². The van der Waals surface area contributed by atoms with Crippen molar-refractivity contribution in [1.29, 1.82) is 0 Å². The van der Waals surface area contributed by atoms with Crippen molar-refractivity contribution in [3.8, 4) is 0 Å². The van der Waals surface area contributed by atoms with Crippen LogP contribution in [0, 0.1) is 12.8 Å². The van der Waals surface area contributed by atoms with E-state index in [4.69, 9.17) is 0 Å². The summed E-state index contributed by atoms with van der Waals surface area (Å²) >= 11 is 0. The lowest BCUT2D eigenvalue weighted by molar-refractivity contribution is -0.131. The zero-order valence-electron chi connectivity index (χ0n) is 13.2. The molecule has 2 fully saturated rings. The highest BCUT2D eigenvalue weighted by Gasteiger charge is 2.38. The third-order valence-electron chi connectivity index (χ3n) is 5.06. The molecule has 1 aromatic carbocycles. The van der Waals surface area contributed by atoms with Crippen molar-refractivity contribution in [2.45, 2.75) is 38.6 Å². The highest BCUT2D eigenvalue weighted by Crippen LogP contribution is 2.35. The van der Waals surface area contributed by atoms with Gasteiger partial charge in [0.05, 0.1) is 12.0 Å². The third-order valence-corrected chi connectivity index (χ3v) is 5.06. The molecule has 3 heteroatoms. The third kappa shape index (κ3) is 3.13. The summed E-state index contributed by atoms with van der Waals surface area (Å²) in [5.74, 6) is 0.505. The molecule has 2 heterocycles. The highest BCUT2D eigenvalue weighted by molar-refractivity contribution is 5.81. The molecule has 0 spiro atoms. The second-order valence-electron chi connectivity index (χ2n) is 6.67. The first-order chi connectivity index (χ1) is 10.1. The smallest absolute Gasteiger partial charge is 0.227 e. The van der Waals surface area contributed by atoms with E-state index >= 15 is 0 Å². The second-order valence-corrected chi connectivity index (χ2v) is 6.67. The van der Waals surface area contributed by atoms with Gasteiger partial charge in [-0.05, 0) is 44.8 Å². The minimum absolute atomic E-state index is 0.180. The molecule has 0 aliphatic carbocycles. The molecule has 21 heavy (non-hydrogen) atoms. The van der Waals surface area contributed by atoms with E-state index < -0.39 is 0 Å². The molecule has 0 saturated carbocycles. The summed E-state index contributed by atoms with van der Waals surface area (Å²) in [4.78, 5) is 17.0. The first-order valence-corrected chi connectivity index (χ1v) is 8.21. The topological polar surface area (TPSA) is 23.6 Å². The molecule has 0 bridgehead atoms. The molecule has 114 valence electrons. The van der Waals surface area contributed by atoms with Gasteiger partial charge in [-0.3, -0.25) is 4.79 Å². The molecule has 2 aliphatic rings. The second kappa shape index (κ2) is 6.18. The fourth-order valence-electron chi connectivity index (χ4n) is 3.72. The Morgan fingerprint density at radius 1 is 1.10 bits per heavy atom. The molecule has 0 unspecified atom stereocenters. The number of carbonyl (C=O) groups is 1. The number of likely N-dealkylation sites (tertiary alicyclic amines) is 2. The number of hydrogen-bond acceptors (Lipinski definition) is 2. The number of benzene rings is 1. The number of hydrogen-bond donors (Lipinski definition) is 0. The van der Waals surface area contributed by atoms with Crippen LogP contribution < -0.4 is 0 Å². The van der Waals surface area contributed by atoms with Crippen molar-refractivity contribution in [2.24, 2.45) is 5.92 Å². The highest BCUT2D eigenvalue weighted by atomic mass is 16.2. The first kappa shape index (κ1) is 14.6. The standard InChI is InChI=1S/C18H26N2O/c1-14-6-8-15(9-7-14)17-12-16(18(21)19(17)2)13-20-10-4-3-5-11-20/h6-9,16-17H,3-5,10-13H2,1-2H3/t16-,17+/m1/s1. The van der Waals surface area contributed by atoms with Gasteiger partial charge in [0.2, 0.25) is 5.91 Å². The maximum Gasteiger partial charge on any atom is 0.227 e. The maximum absolute atomic E-state index is 12.5. The lowest BCUT2D eigenvalue weighted by Crippen LogP contribution is -2.36. The Bertz CT molecular complexity index is 490. The quantitative estimate of drug-likeness (QED) is 0.853. The van der Waals surface area contributed by atoms with Crippen LogP contribution in [0.2, 0.25) is 0 Å². The molecule has 1 aromatic rings. The number of piperidine rings is 1. The summed E-state index contributed by atoms with van der Waals surface area (Å²) in [6.45, 7) is 5.39. The number of amides is 1. The van der Waals surface area contributed by atoms with E-state index in [0.29, 0.717) is 5.91 Å². The van der Waals surface area contributed by atoms with Gasteiger partial charge in [0.1, 0.15) is 0 Å². The Morgan fingerprint density at radius 3 is 2.43 bits per heavy atom. The van der Waals surface area contributed by atoms with Crippen molar-refractivity contribution in [1.82, 2.24) is 9.80 Å². The zero-order valence-corrected chi connectivity index (χ0v) is 13.2. The van der Waals surface area contributed by atoms with Crippen LogP contribution in [0.5, 0.6) is 0 Å². The molecular formula is C18H26N2O. The summed E-state index contributed by atoms with van der Waals surface area (Å²) in [6.07, 6.45) is 4.90. The van der Waals surface area contributed by atoms with E-state index in [1.165, 1.54) is 43.5 Å².